The zero-order valence-corrected chi connectivity index (χ0v) is 25.7. The summed E-state index contributed by atoms with van der Waals surface area (Å²) in [5.74, 6) is 0. The SMILES string of the molecule is Cc1ccc(C)c(-n2c(=O)c3c4cc(-c5ccccc5)c5ccc6ccc7c(-c8ccccc8)cc(c3c2=O)c2c7c6c5c42)c1C. The molecule has 0 aliphatic heterocycles. The second-order valence-electron chi connectivity index (χ2n) is 12.9. The molecule has 0 saturated heterocycles. The van der Waals surface area contributed by atoms with Crippen LogP contribution >= 0.6 is 0 Å². The molecule has 1 heterocycles. The average Bonchev–Trinajstić information content (AvgIpc) is 3.58. The predicted octanol–water partition coefficient (Wildman–Crippen LogP) is 10.1. The molecular weight excluding hydrogens is 562 g/mol. The Labute approximate surface area is 263 Å². The third kappa shape index (κ3) is 2.98. The summed E-state index contributed by atoms with van der Waals surface area (Å²) >= 11 is 0. The third-order valence-electron chi connectivity index (χ3n) is 10.6. The lowest BCUT2D eigenvalue weighted by Gasteiger charge is -2.12. The highest BCUT2D eigenvalue weighted by Crippen LogP contribution is 2.53. The van der Waals surface area contributed by atoms with E-state index in [2.05, 4.69) is 91.0 Å². The quantitative estimate of drug-likeness (QED) is 0.192. The van der Waals surface area contributed by atoms with Gasteiger partial charge in [0.05, 0.1) is 16.5 Å². The smallest absolute Gasteiger partial charge is 0.266 e. The molecule has 3 heteroatoms. The van der Waals surface area contributed by atoms with E-state index in [1.807, 2.05) is 39.0 Å². The Morgan fingerprint density at radius 2 is 0.891 bits per heavy atom. The summed E-state index contributed by atoms with van der Waals surface area (Å²) in [6.45, 7) is 6.02. The molecule has 0 radical (unpaired) electrons. The summed E-state index contributed by atoms with van der Waals surface area (Å²) in [5, 5.41) is 12.0. The number of benzene rings is 8. The first-order valence-electron chi connectivity index (χ1n) is 15.8. The number of fused-ring (bicyclic) bond motifs is 3. The Balaban J connectivity index is 1.54. The second-order valence-corrected chi connectivity index (χ2v) is 12.9. The van der Waals surface area contributed by atoms with Crippen LogP contribution in [0.25, 0.3) is 92.6 Å². The molecule has 1 aromatic heterocycles. The fourth-order valence-corrected chi connectivity index (χ4v) is 8.38. The number of aromatic nitrogens is 1. The minimum atomic E-state index is -0.249. The van der Waals surface area contributed by atoms with Crippen molar-refractivity contribution in [2.75, 3.05) is 0 Å². The first kappa shape index (κ1) is 25.5. The molecule has 0 fully saturated rings. The van der Waals surface area contributed by atoms with Crippen LogP contribution in [0.15, 0.2) is 119 Å². The highest BCUT2D eigenvalue weighted by Gasteiger charge is 2.30. The van der Waals surface area contributed by atoms with E-state index >= 15 is 0 Å². The zero-order chi connectivity index (χ0) is 31.0. The van der Waals surface area contributed by atoms with E-state index in [1.165, 1.54) is 26.1 Å². The molecule has 0 spiro atoms. The zero-order valence-electron chi connectivity index (χ0n) is 25.7. The highest BCUT2D eigenvalue weighted by molar-refractivity contribution is 6.50. The van der Waals surface area contributed by atoms with Crippen molar-refractivity contribution in [2.45, 2.75) is 20.8 Å². The van der Waals surface area contributed by atoms with Gasteiger partial charge in [0.25, 0.3) is 11.1 Å². The number of aryl methyl sites for hydroxylation is 2. The van der Waals surface area contributed by atoms with Crippen LogP contribution in [0, 0.1) is 20.8 Å². The molecule has 46 heavy (non-hydrogen) atoms. The number of hydrogen-bond acceptors (Lipinski definition) is 2. The van der Waals surface area contributed by atoms with Crippen LogP contribution < -0.4 is 11.1 Å². The van der Waals surface area contributed by atoms with Gasteiger partial charge in [0, 0.05) is 0 Å². The topological polar surface area (TPSA) is 39.1 Å². The Bertz CT molecular complexity index is 2790. The maximum Gasteiger partial charge on any atom is 0.266 e. The molecule has 0 N–H and O–H groups in total. The van der Waals surface area contributed by atoms with Crippen LogP contribution in [0.3, 0.4) is 0 Å². The van der Waals surface area contributed by atoms with E-state index in [-0.39, 0.29) is 11.1 Å². The predicted molar refractivity (Wildman–Crippen MR) is 193 cm³/mol. The molecule has 10 rings (SSSR count). The van der Waals surface area contributed by atoms with Crippen molar-refractivity contribution in [2.24, 2.45) is 0 Å². The molecule has 0 bridgehead atoms. The van der Waals surface area contributed by atoms with Crippen molar-refractivity contribution in [1.29, 1.82) is 0 Å². The fourth-order valence-electron chi connectivity index (χ4n) is 8.38. The fraction of sp³-hybridized carbons (Fsp3) is 0.0698. The summed E-state index contributed by atoms with van der Waals surface area (Å²) in [4.78, 5) is 29.7. The molecule has 216 valence electrons. The van der Waals surface area contributed by atoms with Gasteiger partial charge < -0.3 is 0 Å². The molecule has 0 atom stereocenters. The lowest BCUT2D eigenvalue weighted by Crippen LogP contribution is -2.25. The van der Waals surface area contributed by atoms with Crippen molar-refractivity contribution >= 4 is 64.6 Å². The summed E-state index contributed by atoms with van der Waals surface area (Å²) in [5.41, 5.74) is 7.42. The number of nitrogens with zero attached hydrogens (tertiary/aromatic N) is 1. The maximum absolute atomic E-state index is 14.9. The van der Waals surface area contributed by atoms with E-state index in [4.69, 9.17) is 0 Å². The van der Waals surface area contributed by atoms with Gasteiger partial charge in [0.2, 0.25) is 0 Å². The van der Waals surface area contributed by atoms with Gasteiger partial charge in [-0.15, -0.1) is 0 Å². The van der Waals surface area contributed by atoms with Gasteiger partial charge in [-0.05, 0) is 126 Å². The van der Waals surface area contributed by atoms with Crippen molar-refractivity contribution in [3.63, 3.8) is 0 Å². The van der Waals surface area contributed by atoms with E-state index in [9.17, 15) is 9.59 Å². The standard InChI is InChI=1S/C43H27NO2/c1-22-14-15-23(2)41(24(22)3)44-42(45)39-32-20-30(25-10-6-4-7-11-25)28-18-16-27-17-19-29-31(26-12-8-5-9-13-26)21-33(40(39)43(44)46)38-36(29)34(27)35(28)37(32)38/h4-21H,1-3H3. The van der Waals surface area contributed by atoms with Gasteiger partial charge in [-0.1, -0.05) is 97.1 Å². The van der Waals surface area contributed by atoms with Crippen molar-refractivity contribution in [3.8, 4) is 27.9 Å². The lowest BCUT2D eigenvalue weighted by atomic mass is 9.89. The summed E-state index contributed by atoms with van der Waals surface area (Å²) in [7, 11) is 0. The molecular formula is C43H27NO2. The first-order valence-corrected chi connectivity index (χ1v) is 15.8. The van der Waals surface area contributed by atoms with Gasteiger partial charge in [-0.25, -0.2) is 4.57 Å². The van der Waals surface area contributed by atoms with Crippen LogP contribution in [0.4, 0.5) is 0 Å². The third-order valence-corrected chi connectivity index (χ3v) is 10.6. The number of rotatable bonds is 3. The average molecular weight is 590 g/mol. The molecule has 0 aliphatic carbocycles. The van der Waals surface area contributed by atoms with Crippen molar-refractivity contribution in [1.82, 2.24) is 4.57 Å². The highest BCUT2D eigenvalue weighted by atomic mass is 16.2. The van der Waals surface area contributed by atoms with Crippen LogP contribution in [-0.2, 0) is 0 Å². The summed E-state index contributed by atoms with van der Waals surface area (Å²) in [6, 6.07) is 38.1. The van der Waals surface area contributed by atoms with Crippen LogP contribution in [0.1, 0.15) is 16.7 Å². The Hall–Kier alpha value is -5.80. The van der Waals surface area contributed by atoms with Crippen LogP contribution in [-0.4, -0.2) is 4.57 Å². The molecule has 10 aromatic rings. The Kier molecular flexibility index (Phi) is 4.81. The van der Waals surface area contributed by atoms with Gasteiger partial charge in [0.15, 0.2) is 0 Å². The van der Waals surface area contributed by atoms with Crippen LogP contribution in [0.2, 0.25) is 0 Å². The van der Waals surface area contributed by atoms with Gasteiger partial charge in [-0.3, -0.25) is 9.59 Å². The first-order chi connectivity index (χ1) is 22.4. The molecule has 0 saturated carbocycles. The van der Waals surface area contributed by atoms with Gasteiger partial charge in [0.1, 0.15) is 0 Å². The molecule has 3 nitrogen and oxygen atoms in total. The summed E-state index contributed by atoms with van der Waals surface area (Å²) in [6.07, 6.45) is 0. The summed E-state index contributed by atoms with van der Waals surface area (Å²) < 4.78 is 1.45. The van der Waals surface area contributed by atoms with E-state index in [1.54, 1.807) is 0 Å². The molecule has 0 unspecified atom stereocenters. The van der Waals surface area contributed by atoms with Crippen LogP contribution in [0.5, 0.6) is 0 Å². The molecule has 0 amide bonds. The van der Waals surface area contributed by atoms with Gasteiger partial charge >= 0.3 is 0 Å². The largest absolute Gasteiger partial charge is 0.268 e. The monoisotopic (exact) mass is 589 g/mol. The van der Waals surface area contributed by atoms with E-state index in [0.29, 0.717) is 16.5 Å². The Morgan fingerprint density at radius 3 is 1.39 bits per heavy atom. The second kappa shape index (κ2) is 8.68. The molecule has 0 aliphatic rings. The normalized spacial score (nSPS) is 12.4. The lowest BCUT2D eigenvalue weighted by molar-refractivity contribution is 0.960. The maximum atomic E-state index is 14.9. The van der Waals surface area contributed by atoms with Crippen molar-refractivity contribution < 1.29 is 0 Å². The van der Waals surface area contributed by atoms with E-state index < -0.39 is 0 Å². The minimum Gasteiger partial charge on any atom is -0.268 e. The minimum absolute atomic E-state index is 0.249. The Morgan fingerprint density at radius 1 is 0.435 bits per heavy atom. The van der Waals surface area contributed by atoms with E-state index in [0.717, 1.165) is 71.3 Å². The molecule has 9 aromatic carbocycles. The number of hydrogen-bond donors (Lipinski definition) is 0. The van der Waals surface area contributed by atoms with Crippen molar-refractivity contribution in [3.05, 3.63) is 147 Å². The van der Waals surface area contributed by atoms with Gasteiger partial charge in [-0.2, -0.15) is 0 Å².